The van der Waals surface area contributed by atoms with Crippen molar-refractivity contribution in [3.63, 3.8) is 0 Å². The van der Waals surface area contributed by atoms with Crippen molar-refractivity contribution < 1.29 is 30.3 Å². The van der Waals surface area contributed by atoms with E-state index in [4.69, 9.17) is 10.2 Å². The largest absolute Gasteiger partial charge is 0.393 e. The Morgan fingerprint density at radius 1 is 0.964 bits per heavy atom. The van der Waals surface area contributed by atoms with Gasteiger partial charge in [0, 0.05) is 43.7 Å². The SMILES string of the molecule is C1=CC2C=Cc3ccc(-c4ccccn4)cc3C2C=C1.CC(O)CC(C)O.[Ir]. The number of aliphatic hydroxyl groups is 2. The molecule has 4 rings (SSSR count). The van der Waals surface area contributed by atoms with E-state index in [2.05, 4.69) is 65.7 Å². The van der Waals surface area contributed by atoms with Gasteiger partial charge in [0.25, 0.3) is 0 Å². The third-order valence-corrected chi connectivity index (χ3v) is 4.76. The van der Waals surface area contributed by atoms with Crippen LogP contribution in [0, 0.1) is 5.92 Å². The van der Waals surface area contributed by atoms with E-state index in [1.54, 1.807) is 13.8 Å². The summed E-state index contributed by atoms with van der Waals surface area (Å²) >= 11 is 0. The van der Waals surface area contributed by atoms with Crippen molar-refractivity contribution in [3.05, 3.63) is 84.1 Å². The van der Waals surface area contributed by atoms with Crippen LogP contribution in [0.1, 0.15) is 37.3 Å². The Morgan fingerprint density at radius 3 is 2.36 bits per heavy atom. The first-order valence-electron chi connectivity index (χ1n) is 9.49. The predicted octanol–water partition coefficient (Wildman–Crippen LogP) is 4.74. The minimum Gasteiger partial charge on any atom is -0.393 e. The van der Waals surface area contributed by atoms with Gasteiger partial charge in [-0.05, 0) is 49.6 Å². The molecule has 1 heterocycles. The van der Waals surface area contributed by atoms with Gasteiger partial charge in [-0.2, -0.15) is 0 Å². The van der Waals surface area contributed by atoms with E-state index in [-0.39, 0.29) is 32.3 Å². The molecule has 2 aliphatic carbocycles. The monoisotopic (exact) mass is 554 g/mol. The zero-order chi connectivity index (χ0) is 19.2. The van der Waals surface area contributed by atoms with Gasteiger partial charge in [-0.1, -0.05) is 54.7 Å². The summed E-state index contributed by atoms with van der Waals surface area (Å²) in [7, 11) is 0. The average Bonchev–Trinajstić information content (AvgIpc) is 2.67. The van der Waals surface area contributed by atoms with Crippen molar-refractivity contribution in [3.8, 4) is 11.3 Å². The summed E-state index contributed by atoms with van der Waals surface area (Å²) in [4.78, 5) is 4.45. The smallest absolute Gasteiger partial charge is 0.0702 e. The summed E-state index contributed by atoms with van der Waals surface area (Å²) < 4.78 is 0. The minimum absolute atomic E-state index is 0. The first-order valence-corrected chi connectivity index (χ1v) is 9.49. The molecule has 0 saturated carbocycles. The van der Waals surface area contributed by atoms with Crippen molar-refractivity contribution in [1.29, 1.82) is 0 Å². The predicted molar refractivity (Wildman–Crippen MR) is 111 cm³/mol. The van der Waals surface area contributed by atoms with Gasteiger partial charge in [0.1, 0.15) is 0 Å². The number of pyridine rings is 1. The van der Waals surface area contributed by atoms with Crippen molar-refractivity contribution in [1.82, 2.24) is 4.98 Å². The molecule has 2 N–H and O–H groups in total. The number of rotatable bonds is 3. The Kier molecular flexibility index (Phi) is 8.53. The van der Waals surface area contributed by atoms with Gasteiger partial charge in [0.15, 0.2) is 0 Å². The molecule has 4 atom stereocenters. The van der Waals surface area contributed by atoms with Crippen LogP contribution in [0.5, 0.6) is 0 Å². The van der Waals surface area contributed by atoms with Crippen LogP contribution in [0.25, 0.3) is 17.3 Å². The molecule has 0 aliphatic heterocycles. The van der Waals surface area contributed by atoms with Crippen LogP contribution in [-0.2, 0) is 20.1 Å². The third kappa shape index (κ3) is 5.83. The van der Waals surface area contributed by atoms with Crippen molar-refractivity contribution in [2.75, 3.05) is 0 Å². The zero-order valence-corrected chi connectivity index (χ0v) is 18.6. The van der Waals surface area contributed by atoms with Gasteiger partial charge < -0.3 is 10.2 Å². The van der Waals surface area contributed by atoms with Crippen LogP contribution in [0.4, 0.5) is 0 Å². The van der Waals surface area contributed by atoms with Crippen LogP contribution in [0.15, 0.2) is 73.0 Å². The molecule has 1 aromatic carbocycles. The molecule has 4 unspecified atom stereocenters. The maximum Gasteiger partial charge on any atom is 0.0702 e. The van der Waals surface area contributed by atoms with Gasteiger partial charge in [-0.25, -0.2) is 0 Å². The molecule has 4 heteroatoms. The summed E-state index contributed by atoms with van der Waals surface area (Å²) in [5, 5.41) is 17.1. The van der Waals surface area contributed by atoms with E-state index in [1.807, 2.05) is 18.3 Å². The van der Waals surface area contributed by atoms with Crippen molar-refractivity contribution >= 4 is 6.08 Å². The molecule has 0 amide bonds. The number of aliphatic hydroxyl groups excluding tert-OH is 2. The third-order valence-electron chi connectivity index (χ3n) is 4.76. The van der Waals surface area contributed by atoms with Crippen LogP contribution in [-0.4, -0.2) is 27.4 Å². The molecule has 1 aromatic heterocycles. The summed E-state index contributed by atoms with van der Waals surface area (Å²) in [6.07, 6.45) is 15.0. The molecule has 0 saturated heterocycles. The summed E-state index contributed by atoms with van der Waals surface area (Å²) in [6, 6.07) is 12.7. The Bertz CT molecular complexity index is 835. The average molecular weight is 554 g/mol. The standard InChI is InChI=1S/C19H15N.C5H12O2.Ir/c1-2-6-17-14(5-1)8-9-15-10-11-16(13-18(15)17)19-7-3-4-12-20-19;1-4(6)3-5(2)7;/h1-14,17H;4-7H,3H2,1-2H3;. The van der Waals surface area contributed by atoms with Crippen molar-refractivity contribution in [2.45, 2.75) is 38.4 Å². The number of aromatic nitrogens is 1. The number of benzene rings is 1. The van der Waals surface area contributed by atoms with Gasteiger partial charge in [-0.3, -0.25) is 4.98 Å². The van der Waals surface area contributed by atoms with Crippen LogP contribution in [0.3, 0.4) is 0 Å². The molecule has 0 fully saturated rings. The van der Waals surface area contributed by atoms with E-state index in [0.717, 1.165) is 5.69 Å². The molecule has 2 aromatic rings. The number of fused-ring (bicyclic) bond motifs is 3. The quantitative estimate of drug-likeness (QED) is 0.578. The van der Waals surface area contributed by atoms with Crippen LogP contribution >= 0.6 is 0 Å². The van der Waals surface area contributed by atoms with E-state index in [0.29, 0.717) is 18.3 Å². The summed E-state index contributed by atoms with van der Waals surface area (Å²) in [6.45, 7) is 3.32. The molecule has 1 radical (unpaired) electrons. The van der Waals surface area contributed by atoms with E-state index in [1.165, 1.54) is 16.7 Å². The molecule has 0 bridgehead atoms. The molecule has 0 spiro atoms. The molecular formula is C24H27IrNO2. The second kappa shape index (κ2) is 10.6. The maximum atomic E-state index is 8.56. The van der Waals surface area contributed by atoms with Crippen molar-refractivity contribution in [2.24, 2.45) is 5.92 Å². The Hall–Kier alpha value is -1.84. The summed E-state index contributed by atoms with van der Waals surface area (Å²) in [5.74, 6) is 0.954. The summed E-state index contributed by atoms with van der Waals surface area (Å²) in [5.41, 5.74) is 4.96. The maximum absolute atomic E-state index is 8.56. The van der Waals surface area contributed by atoms with Gasteiger partial charge in [0.05, 0.1) is 17.9 Å². The fourth-order valence-corrected chi connectivity index (χ4v) is 3.54. The van der Waals surface area contributed by atoms with Gasteiger partial charge in [-0.15, -0.1) is 0 Å². The van der Waals surface area contributed by atoms with Gasteiger partial charge >= 0.3 is 0 Å². The molecule has 28 heavy (non-hydrogen) atoms. The molecule has 149 valence electrons. The fourth-order valence-electron chi connectivity index (χ4n) is 3.54. The Balaban J connectivity index is 0.000000306. The zero-order valence-electron chi connectivity index (χ0n) is 16.2. The van der Waals surface area contributed by atoms with Gasteiger partial charge in [0.2, 0.25) is 0 Å². The molecule has 2 aliphatic rings. The Labute approximate surface area is 180 Å². The van der Waals surface area contributed by atoms with E-state index < -0.39 is 0 Å². The molecule has 3 nitrogen and oxygen atoms in total. The number of nitrogens with zero attached hydrogens (tertiary/aromatic N) is 1. The number of allylic oxidation sites excluding steroid dienone is 5. The van der Waals surface area contributed by atoms with Crippen LogP contribution < -0.4 is 0 Å². The van der Waals surface area contributed by atoms with E-state index in [9.17, 15) is 0 Å². The topological polar surface area (TPSA) is 53.4 Å². The second-order valence-electron chi connectivity index (χ2n) is 7.22. The number of hydrogen-bond acceptors (Lipinski definition) is 3. The van der Waals surface area contributed by atoms with E-state index >= 15 is 0 Å². The fraction of sp³-hybridized carbons (Fsp3) is 0.292. The number of hydrogen-bond donors (Lipinski definition) is 2. The normalized spacial score (nSPS) is 20.7. The molecular weight excluding hydrogens is 526 g/mol. The van der Waals surface area contributed by atoms with Crippen LogP contribution in [0.2, 0.25) is 0 Å². The Morgan fingerprint density at radius 2 is 1.71 bits per heavy atom. The minimum atomic E-state index is -0.375. The first-order chi connectivity index (χ1) is 13.0. The second-order valence-corrected chi connectivity index (χ2v) is 7.22. The first kappa shape index (κ1) is 22.4.